The van der Waals surface area contributed by atoms with E-state index < -0.39 is 0 Å². The number of hydrogen-bond acceptors (Lipinski definition) is 3. The molecule has 0 aromatic carbocycles. The van der Waals surface area contributed by atoms with Crippen LogP contribution >= 0.6 is 11.7 Å². The van der Waals surface area contributed by atoms with E-state index in [1.165, 1.54) is 11.7 Å². The van der Waals surface area contributed by atoms with Crippen LogP contribution in [-0.4, -0.2) is 8.75 Å². The summed E-state index contributed by atoms with van der Waals surface area (Å²) in [5.41, 5.74) is 2.17. The zero-order chi connectivity index (χ0) is 8.39. The van der Waals surface area contributed by atoms with Gasteiger partial charge in [-0.25, -0.2) is 0 Å². The van der Waals surface area contributed by atoms with Gasteiger partial charge in [-0.3, -0.25) is 0 Å². The quantitative estimate of drug-likeness (QED) is 0.609. The highest BCUT2D eigenvalue weighted by atomic mass is 32.1. The lowest BCUT2D eigenvalue weighted by molar-refractivity contribution is 0.710. The zero-order valence-corrected chi connectivity index (χ0v) is 7.71. The van der Waals surface area contributed by atoms with Crippen LogP contribution in [-0.2, 0) is 6.42 Å². The Morgan fingerprint density at radius 2 is 2.33 bits per heavy atom. The van der Waals surface area contributed by atoms with Gasteiger partial charge < -0.3 is 0 Å². The molecule has 0 amide bonds. The van der Waals surface area contributed by atoms with E-state index in [0.29, 0.717) is 5.92 Å². The highest BCUT2D eigenvalue weighted by molar-refractivity contribution is 6.99. The van der Waals surface area contributed by atoms with E-state index in [-0.39, 0.29) is 0 Å². The molecule has 0 N–H and O–H groups in total. The van der Waals surface area contributed by atoms with Crippen molar-refractivity contribution >= 4 is 17.8 Å². The Bertz CT molecular complexity index is 325. The molecule has 0 radical (unpaired) electrons. The second kappa shape index (κ2) is 3.19. The summed E-state index contributed by atoms with van der Waals surface area (Å²) < 4.78 is 8.46. The van der Waals surface area contributed by atoms with E-state index in [0.717, 1.165) is 17.8 Å². The second-order valence-electron chi connectivity index (χ2n) is 3.02. The van der Waals surface area contributed by atoms with Crippen molar-refractivity contribution in [1.82, 2.24) is 8.75 Å². The maximum atomic E-state index is 4.25. The molecule has 3 heteroatoms. The summed E-state index contributed by atoms with van der Waals surface area (Å²) in [6.45, 7) is 2.19. The van der Waals surface area contributed by atoms with E-state index in [2.05, 4.69) is 27.8 Å². The van der Waals surface area contributed by atoms with Crippen molar-refractivity contribution in [2.45, 2.75) is 13.3 Å². The van der Waals surface area contributed by atoms with Crippen LogP contribution in [0.5, 0.6) is 0 Å². The Hall–Kier alpha value is -0.960. The standard InChI is InChI=1S/C9H10N2S/c1-7-4-2-3-5-8-9(6-7)11-12-10-8/h2-5,7H,6H2,1H3/t7-/m0/s1. The van der Waals surface area contributed by atoms with Crippen molar-refractivity contribution in [1.29, 1.82) is 0 Å². The minimum atomic E-state index is 0.567. The van der Waals surface area contributed by atoms with Crippen molar-refractivity contribution < 1.29 is 0 Å². The Labute approximate surface area is 76.0 Å². The van der Waals surface area contributed by atoms with E-state index in [9.17, 15) is 0 Å². The molecule has 0 spiro atoms. The van der Waals surface area contributed by atoms with Gasteiger partial charge >= 0.3 is 0 Å². The maximum absolute atomic E-state index is 4.25. The highest BCUT2D eigenvalue weighted by Gasteiger charge is 2.09. The van der Waals surface area contributed by atoms with Crippen molar-refractivity contribution in [2.24, 2.45) is 5.92 Å². The van der Waals surface area contributed by atoms with Gasteiger partial charge in [-0.1, -0.05) is 25.2 Å². The summed E-state index contributed by atoms with van der Waals surface area (Å²) in [5.74, 6) is 0.567. The van der Waals surface area contributed by atoms with E-state index in [4.69, 9.17) is 0 Å². The van der Waals surface area contributed by atoms with Crippen molar-refractivity contribution in [3.05, 3.63) is 29.6 Å². The molecule has 1 heterocycles. The molecule has 12 heavy (non-hydrogen) atoms. The van der Waals surface area contributed by atoms with Crippen LogP contribution in [0.2, 0.25) is 0 Å². The number of aromatic nitrogens is 2. The third kappa shape index (κ3) is 1.46. The third-order valence-electron chi connectivity index (χ3n) is 1.91. The molecule has 0 aliphatic heterocycles. The second-order valence-corrected chi connectivity index (χ2v) is 3.55. The molecular weight excluding hydrogens is 168 g/mol. The van der Waals surface area contributed by atoms with Crippen molar-refractivity contribution in [3.63, 3.8) is 0 Å². The summed E-state index contributed by atoms with van der Waals surface area (Å²) in [4.78, 5) is 0. The van der Waals surface area contributed by atoms with Crippen molar-refractivity contribution in [2.75, 3.05) is 0 Å². The zero-order valence-electron chi connectivity index (χ0n) is 6.90. The summed E-state index contributed by atoms with van der Waals surface area (Å²) in [7, 11) is 0. The molecule has 0 saturated heterocycles. The summed E-state index contributed by atoms with van der Waals surface area (Å²) in [6.07, 6.45) is 9.32. The summed E-state index contributed by atoms with van der Waals surface area (Å²) in [6, 6.07) is 0. The average molecular weight is 178 g/mol. The van der Waals surface area contributed by atoms with E-state index in [1.807, 2.05) is 12.2 Å². The minimum Gasteiger partial charge on any atom is -0.177 e. The molecular formula is C9H10N2S. The SMILES string of the molecule is C[C@H]1C=CC=Cc2nsnc2C1. The molecule has 2 rings (SSSR count). The fourth-order valence-electron chi connectivity index (χ4n) is 1.26. The van der Waals surface area contributed by atoms with Gasteiger partial charge in [-0.2, -0.15) is 8.75 Å². The van der Waals surface area contributed by atoms with Gasteiger partial charge in [0.25, 0.3) is 0 Å². The van der Waals surface area contributed by atoms with Gasteiger partial charge in [0.1, 0.15) is 5.69 Å². The molecule has 2 nitrogen and oxygen atoms in total. The van der Waals surface area contributed by atoms with Gasteiger partial charge in [-0.15, -0.1) is 0 Å². The van der Waals surface area contributed by atoms with Gasteiger partial charge in [0.2, 0.25) is 0 Å². The first kappa shape index (κ1) is 7.68. The lowest BCUT2D eigenvalue weighted by atomic mass is 10.0. The van der Waals surface area contributed by atoms with E-state index >= 15 is 0 Å². The Morgan fingerprint density at radius 1 is 1.42 bits per heavy atom. The van der Waals surface area contributed by atoms with Crippen LogP contribution in [0.4, 0.5) is 0 Å². The van der Waals surface area contributed by atoms with E-state index in [1.54, 1.807) is 0 Å². The van der Waals surface area contributed by atoms with Crippen LogP contribution in [0.15, 0.2) is 18.2 Å². The fourth-order valence-corrected chi connectivity index (χ4v) is 1.82. The molecule has 0 bridgehead atoms. The Kier molecular flexibility index (Phi) is 2.04. The molecule has 1 aromatic rings. The van der Waals surface area contributed by atoms with Crippen LogP contribution < -0.4 is 0 Å². The molecule has 0 fully saturated rings. The monoisotopic (exact) mass is 178 g/mol. The largest absolute Gasteiger partial charge is 0.177 e. The maximum Gasteiger partial charge on any atom is 0.100 e. The summed E-state index contributed by atoms with van der Waals surface area (Å²) in [5, 5.41) is 0. The number of fused-ring (bicyclic) bond motifs is 1. The lowest BCUT2D eigenvalue weighted by Gasteiger charge is -2.04. The molecule has 62 valence electrons. The average Bonchev–Trinajstić information content (AvgIpc) is 2.42. The van der Waals surface area contributed by atoms with Gasteiger partial charge in [0.15, 0.2) is 0 Å². The lowest BCUT2D eigenvalue weighted by Crippen LogP contribution is -1.99. The number of rotatable bonds is 0. The minimum absolute atomic E-state index is 0.567. The van der Waals surface area contributed by atoms with Gasteiger partial charge in [0.05, 0.1) is 17.4 Å². The molecule has 1 aliphatic rings. The van der Waals surface area contributed by atoms with Crippen LogP contribution in [0.3, 0.4) is 0 Å². The normalized spacial score (nSPS) is 21.6. The fraction of sp³-hybridized carbons (Fsp3) is 0.333. The number of nitrogens with zero attached hydrogens (tertiary/aromatic N) is 2. The first-order valence-electron chi connectivity index (χ1n) is 4.02. The molecule has 0 unspecified atom stereocenters. The van der Waals surface area contributed by atoms with Crippen LogP contribution in [0.1, 0.15) is 18.3 Å². The van der Waals surface area contributed by atoms with Crippen molar-refractivity contribution in [3.8, 4) is 0 Å². The molecule has 1 aliphatic carbocycles. The molecule has 1 aromatic heterocycles. The summed E-state index contributed by atoms with van der Waals surface area (Å²) >= 11 is 1.30. The van der Waals surface area contributed by atoms with Crippen LogP contribution in [0.25, 0.3) is 6.08 Å². The Morgan fingerprint density at radius 3 is 3.25 bits per heavy atom. The van der Waals surface area contributed by atoms with Gasteiger partial charge in [0, 0.05) is 0 Å². The van der Waals surface area contributed by atoms with Crippen LogP contribution in [0, 0.1) is 5.92 Å². The first-order chi connectivity index (χ1) is 5.86. The first-order valence-corrected chi connectivity index (χ1v) is 4.75. The predicted molar refractivity (Wildman–Crippen MR) is 51.0 cm³/mol. The molecule has 0 saturated carbocycles. The smallest absolute Gasteiger partial charge is 0.100 e. The van der Waals surface area contributed by atoms with Gasteiger partial charge in [-0.05, 0) is 18.4 Å². The third-order valence-corrected chi connectivity index (χ3v) is 2.49. The topological polar surface area (TPSA) is 25.8 Å². The number of hydrogen-bond donors (Lipinski definition) is 0. The highest BCUT2D eigenvalue weighted by Crippen LogP contribution is 2.16. The predicted octanol–water partition coefficient (Wildman–Crippen LogP) is 2.30. The number of allylic oxidation sites excluding steroid dienone is 3. The molecule has 1 atom stereocenters. The Balaban J connectivity index is 2.39.